The fraction of sp³-hybridized carbons (Fsp3) is 0. The molecule has 0 aromatic carbocycles. The summed E-state index contributed by atoms with van der Waals surface area (Å²) < 4.78 is 0. The Morgan fingerprint density at radius 1 is 0.261 bits per heavy atom. The lowest BCUT2D eigenvalue weighted by atomic mass is 9.90. The maximum Gasteiger partial charge on any atom is 0.100 e. The van der Waals surface area contributed by atoms with Gasteiger partial charge in [0.25, 0.3) is 0 Å². The predicted octanol–water partition coefficient (Wildman–Crippen LogP) is 8.00. The van der Waals surface area contributed by atoms with Gasteiger partial charge in [0.15, 0.2) is 0 Å². The molecule has 0 aliphatic heterocycles. The highest BCUT2D eigenvalue weighted by atomic mass is 14.9. The van der Waals surface area contributed by atoms with Crippen molar-refractivity contribution in [2.75, 3.05) is 0 Å². The molecule has 0 atom stereocenters. The SMILES string of the molecule is c1ccc(-c2nc3c(-c4ccccn4)c(-c4ccccn4)c(-c4ccccn4)nc3c(-c3ccccn3)c2-c2ccccn2)nc1. The zero-order chi connectivity index (χ0) is 30.7. The molecule has 0 aliphatic carbocycles. The molecule has 8 rings (SSSR count). The van der Waals surface area contributed by atoms with Crippen LogP contribution in [0.2, 0.25) is 0 Å². The van der Waals surface area contributed by atoms with E-state index < -0.39 is 0 Å². The van der Waals surface area contributed by atoms with E-state index in [0.29, 0.717) is 33.8 Å². The molecule has 0 N–H and O–H groups in total. The van der Waals surface area contributed by atoms with Crippen molar-refractivity contribution < 1.29 is 0 Å². The molecule has 0 saturated heterocycles. The van der Waals surface area contributed by atoms with Crippen molar-refractivity contribution in [2.24, 2.45) is 0 Å². The lowest BCUT2D eigenvalue weighted by Gasteiger charge is -2.21. The molecule has 0 radical (unpaired) electrons. The minimum absolute atomic E-state index is 0.639. The van der Waals surface area contributed by atoms with Crippen LogP contribution in [0, 0.1) is 0 Å². The van der Waals surface area contributed by atoms with E-state index in [1.807, 2.05) is 109 Å². The Morgan fingerprint density at radius 3 is 0.783 bits per heavy atom. The fourth-order valence-electron chi connectivity index (χ4n) is 5.68. The Kier molecular flexibility index (Phi) is 6.97. The van der Waals surface area contributed by atoms with Crippen LogP contribution in [0.1, 0.15) is 0 Å². The number of nitrogens with zero attached hydrogens (tertiary/aromatic N) is 8. The molecule has 0 spiro atoms. The second kappa shape index (κ2) is 11.9. The van der Waals surface area contributed by atoms with Crippen molar-refractivity contribution in [3.8, 4) is 67.8 Å². The van der Waals surface area contributed by atoms with Gasteiger partial charge in [-0.05, 0) is 72.8 Å². The summed E-state index contributed by atoms with van der Waals surface area (Å²) >= 11 is 0. The van der Waals surface area contributed by atoms with E-state index in [9.17, 15) is 0 Å². The van der Waals surface area contributed by atoms with Gasteiger partial charge >= 0.3 is 0 Å². The van der Waals surface area contributed by atoms with E-state index in [1.54, 1.807) is 37.2 Å². The molecule has 8 heterocycles. The highest BCUT2D eigenvalue weighted by Gasteiger charge is 2.29. The van der Waals surface area contributed by atoms with Crippen molar-refractivity contribution in [3.63, 3.8) is 0 Å². The van der Waals surface area contributed by atoms with Gasteiger partial charge in [0.1, 0.15) is 11.0 Å². The highest BCUT2D eigenvalue weighted by Crippen LogP contribution is 2.47. The number of fused-ring (bicyclic) bond motifs is 1. The van der Waals surface area contributed by atoms with Crippen LogP contribution in [0.15, 0.2) is 146 Å². The first-order valence-electron chi connectivity index (χ1n) is 14.8. The summed E-state index contributed by atoms with van der Waals surface area (Å²) in [5.41, 5.74) is 10.0. The maximum atomic E-state index is 5.42. The van der Waals surface area contributed by atoms with E-state index in [0.717, 1.165) is 45.0 Å². The largest absolute Gasteiger partial charge is 0.256 e. The molecule has 0 bridgehead atoms. The van der Waals surface area contributed by atoms with Crippen LogP contribution in [0.25, 0.3) is 78.8 Å². The topological polar surface area (TPSA) is 103 Å². The number of hydrogen-bond acceptors (Lipinski definition) is 8. The Hall–Kier alpha value is -6.54. The molecule has 0 saturated carbocycles. The Bertz CT molecular complexity index is 2100. The minimum atomic E-state index is 0.639. The van der Waals surface area contributed by atoms with Gasteiger partial charge in [-0.15, -0.1) is 0 Å². The van der Waals surface area contributed by atoms with Gasteiger partial charge in [-0.1, -0.05) is 36.4 Å². The minimum Gasteiger partial charge on any atom is -0.256 e. The first-order chi connectivity index (χ1) is 22.9. The Morgan fingerprint density at radius 2 is 0.522 bits per heavy atom. The van der Waals surface area contributed by atoms with Gasteiger partial charge in [-0.25, -0.2) is 9.97 Å². The van der Waals surface area contributed by atoms with Crippen LogP contribution in [0.3, 0.4) is 0 Å². The first kappa shape index (κ1) is 27.0. The van der Waals surface area contributed by atoms with Gasteiger partial charge in [-0.2, -0.15) is 0 Å². The molecular weight excluding hydrogens is 568 g/mol. The third-order valence-electron chi connectivity index (χ3n) is 7.62. The van der Waals surface area contributed by atoms with E-state index in [1.165, 1.54) is 0 Å². The maximum absolute atomic E-state index is 5.42. The van der Waals surface area contributed by atoms with Crippen molar-refractivity contribution in [1.82, 2.24) is 39.9 Å². The number of rotatable bonds is 6. The van der Waals surface area contributed by atoms with E-state index in [4.69, 9.17) is 39.9 Å². The summed E-state index contributed by atoms with van der Waals surface area (Å²) in [6, 6.07) is 35.0. The summed E-state index contributed by atoms with van der Waals surface area (Å²) in [7, 11) is 0. The van der Waals surface area contributed by atoms with Crippen LogP contribution in [0.5, 0.6) is 0 Å². The van der Waals surface area contributed by atoms with Crippen molar-refractivity contribution >= 4 is 11.0 Å². The molecular formula is C38H24N8. The molecule has 46 heavy (non-hydrogen) atoms. The molecule has 0 aliphatic rings. The van der Waals surface area contributed by atoms with Crippen molar-refractivity contribution in [1.29, 1.82) is 0 Å². The molecule has 216 valence electrons. The lowest BCUT2D eigenvalue weighted by Crippen LogP contribution is -2.05. The zero-order valence-electron chi connectivity index (χ0n) is 24.4. The van der Waals surface area contributed by atoms with E-state index >= 15 is 0 Å². The second-order valence-corrected chi connectivity index (χ2v) is 10.4. The summed E-state index contributed by atoms with van der Waals surface area (Å²) in [6.07, 6.45) is 10.7. The Balaban J connectivity index is 1.65. The van der Waals surface area contributed by atoms with Gasteiger partial charge in [0, 0.05) is 59.4 Å². The smallest absolute Gasteiger partial charge is 0.100 e. The molecule has 8 heteroatoms. The third-order valence-corrected chi connectivity index (χ3v) is 7.62. The lowest BCUT2D eigenvalue weighted by molar-refractivity contribution is 1.22. The highest BCUT2D eigenvalue weighted by molar-refractivity contribution is 6.12. The van der Waals surface area contributed by atoms with Crippen LogP contribution < -0.4 is 0 Å². The summed E-state index contributed by atoms with van der Waals surface area (Å²) in [5, 5.41) is 0. The average Bonchev–Trinajstić information content (AvgIpc) is 3.15. The third kappa shape index (κ3) is 4.84. The van der Waals surface area contributed by atoms with Crippen LogP contribution >= 0.6 is 0 Å². The Labute approximate surface area is 264 Å². The van der Waals surface area contributed by atoms with E-state index in [-0.39, 0.29) is 0 Å². The molecule has 0 unspecified atom stereocenters. The van der Waals surface area contributed by atoms with E-state index in [2.05, 4.69) is 0 Å². The number of hydrogen-bond donors (Lipinski definition) is 0. The average molecular weight is 593 g/mol. The van der Waals surface area contributed by atoms with Gasteiger partial charge in [0.05, 0.1) is 45.6 Å². The number of aromatic nitrogens is 8. The zero-order valence-corrected chi connectivity index (χ0v) is 24.4. The quantitative estimate of drug-likeness (QED) is 0.191. The van der Waals surface area contributed by atoms with Crippen molar-refractivity contribution in [3.05, 3.63) is 146 Å². The predicted molar refractivity (Wildman–Crippen MR) is 179 cm³/mol. The second-order valence-electron chi connectivity index (χ2n) is 10.4. The molecule has 8 nitrogen and oxygen atoms in total. The molecule has 8 aromatic rings. The van der Waals surface area contributed by atoms with Gasteiger partial charge < -0.3 is 0 Å². The molecule has 8 aromatic heterocycles. The number of pyridine rings is 8. The van der Waals surface area contributed by atoms with Gasteiger partial charge in [-0.3, -0.25) is 29.9 Å². The first-order valence-corrected chi connectivity index (χ1v) is 14.8. The summed E-state index contributed by atoms with van der Waals surface area (Å²) in [6.45, 7) is 0. The molecule has 0 fully saturated rings. The fourth-order valence-corrected chi connectivity index (χ4v) is 5.68. The summed E-state index contributed by atoms with van der Waals surface area (Å²) in [5.74, 6) is 0. The van der Waals surface area contributed by atoms with Crippen LogP contribution in [0.4, 0.5) is 0 Å². The van der Waals surface area contributed by atoms with Crippen molar-refractivity contribution in [2.45, 2.75) is 0 Å². The van der Waals surface area contributed by atoms with Crippen LogP contribution in [-0.2, 0) is 0 Å². The monoisotopic (exact) mass is 592 g/mol. The standard InChI is InChI=1S/C38H24N8/c1-7-19-39-25(13-1)31-33(27-15-3-9-21-41-27)37-38(45-35(31)29-17-5-11-23-43-29)34(28-16-4-10-22-42-28)32(26-14-2-8-20-40-26)36(46-37)30-18-6-12-24-44-30/h1-24H. The molecule has 0 amide bonds. The van der Waals surface area contributed by atoms with Crippen LogP contribution in [-0.4, -0.2) is 39.9 Å². The summed E-state index contributed by atoms with van der Waals surface area (Å²) in [4.78, 5) is 39.6. The van der Waals surface area contributed by atoms with Gasteiger partial charge in [0.2, 0.25) is 0 Å². The normalized spacial score (nSPS) is 11.0.